The van der Waals surface area contributed by atoms with E-state index < -0.39 is 8.07 Å². The zero-order valence-electron chi connectivity index (χ0n) is 35.4. The van der Waals surface area contributed by atoms with Crippen molar-refractivity contribution in [2.75, 3.05) is 4.90 Å². The minimum atomic E-state index is -1.98. The van der Waals surface area contributed by atoms with Crippen LogP contribution in [0, 0.1) is 0 Å². The van der Waals surface area contributed by atoms with Crippen molar-refractivity contribution < 1.29 is 4.74 Å². The van der Waals surface area contributed by atoms with Crippen LogP contribution in [-0.2, 0) is 10.8 Å². The number of ether oxygens (including phenoxy) is 1. The van der Waals surface area contributed by atoms with E-state index in [-0.39, 0.29) is 10.8 Å². The summed E-state index contributed by atoms with van der Waals surface area (Å²) in [4.78, 5) is 7.90. The Morgan fingerprint density at radius 2 is 0.967 bits per heavy atom. The Labute approximate surface area is 369 Å². The SMILES string of the molecule is CC1(C)c2ccccc2Oc2c(-c3ccc(N(c4ccc(-c5cccc6c5Sc5ccccc5C6(C)C)cc4)c4cccc5c4Sc4ccccc4[Si]5(C)C)cc3)cccc21. The zero-order chi connectivity index (χ0) is 41.7. The molecule has 3 aliphatic heterocycles. The van der Waals surface area contributed by atoms with Gasteiger partial charge < -0.3 is 9.64 Å². The van der Waals surface area contributed by atoms with Crippen LogP contribution < -0.4 is 20.0 Å². The maximum Gasteiger partial charge on any atom is 0.139 e. The normalized spacial score (nSPS) is 15.8. The number of benzene rings is 8. The van der Waals surface area contributed by atoms with Crippen molar-refractivity contribution in [1.29, 1.82) is 0 Å². The highest BCUT2D eigenvalue weighted by molar-refractivity contribution is 8.00. The van der Waals surface area contributed by atoms with Gasteiger partial charge in [0.1, 0.15) is 19.6 Å². The highest BCUT2D eigenvalue weighted by Gasteiger charge is 2.38. The van der Waals surface area contributed by atoms with E-state index in [1.54, 1.807) is 0 Å². The number of fused-ring (bicyclic) bond motifs is 6. The molecule has 0 aliphatic carbocycles. The summed E-state index contributed by atoms with van der Waals surface area (Å²) in [6.07, 6.45) is 0. The molecule has 11 rings (SSSR count). The fraction of sp³-hybridized carbons (Fsp3) is 0.143. The minimum Gasteiger partial charge on any atom is -0.456 e. The maximum atomic E-state index is 6.73. The molecular formula is C56H47NOS2Si. The first-order valence-corrected chi connectivity index (χ1v) is 25.9. The summed E-state index contributed by atoms with van der Waals surface area (Å²) < 4.78 is 6.73. The number of rotatable bonds is 5. The highest BCUT2D eigenvalue weighted by atomic mass is 32.2. The van der Waals surface area contributed by atoms with Crippen molar-refractivity contribution in [3.8, 4) is 33.8 Å². The van der Waals surface area contributed by atoms with Gasteiger partial charge in [0.05, 0.1) is 5.69 Å². The second kappa shape index (κ2) is 14.2. The van der Waals surface area contributed by atoms with Crippen LogP contribution in [0.3, 0.4) is 0 Å². The molecule has 0 amide bonds. The molecule has 0 bridgehead atoms. The van der Waals surface area contributed by atoms with Crippen LogP contribution in [0.1, 0.15) is 49.9 Å². The monoisotopic (exact) mass is 841 g/mol. The second-order valence-corrected chi connectivity index (χ2v) is 24.5. The molecule has 0 radical (unpaired) electrons. The summed E-state index contributed by atoms with van der Waals surface area (Å²) in [5, 5.41) is 3.00. The lowest BCUT2D eigenvalue weighted by Crippen LogP contribution is -2.56. The van der Waals surface area contributed by atoms with Gasteiger partial charge in [-0.3, -0.25) is 0 Å². The maximum absolute atomic E-state index is 6.73. The Morgan fingerprint density at radius 1 is 0.443 bits per heavy atom. The van der Waals surface area contributed by atoms with E-state index in [2.05, 4.69) is 222 Å². The third-order valence-electron chi connectivity index (χ3n) is 13.5. The molecule has 0 spiro atoms. The summed E-state index contributed by atoms with van der Waals surface area (Å²) in [6, 6.07) is 65.2. The molecule has 8 aromatic rings. The van der Waals surface area contributed by atoms with E-state index in [1.807, 2.05) is 23.5 Å². The molecule has 0 fully saturated rings. The number of para-hydroxylation sites is 2. The Bertz CT molecular complexity index is 2890. The van der Waals surface area contributed by atoms with Crippen molar-refractivity contribution >= 4 is 59.0 Å². The molecular weight excluding hydrogens is 795 g/mol. The third kappa shape index (κ3) is 6.00. The first-order valence-electron chi connectivity index (χ1n) is 21.3. The molecule has 2 nitrogen and oxygen atoms in total. The van der Waals surface area contributed by atoms with Gasteiger partial charge in [-0.1, -0.05) is 192 Å². The second-order valence-electron chi connectivity index (χ2n) is 18.1. The third-order valence-corrected chi connectivity index (χ3v) is 19.8. The molecule has 0 atom stereocenters. The summed E-state index contributed by atoms with van der Waals surface area (Å²) in [6.45, 7) is 14.3. The summed E-state index contributed by atoms with van der Waals surface area (Å²) >= 11 is 3.83. The quantitative estimate of drug-likeness (QED) is 0.160. The predicted molar refractivity (Wildman–Crippen MR) is 261 cm³/mol. The van der Waals surface area contributed by atoms with Crippen LogP contribution in [0.25, 0.3) is 22.3 Å². The van der Waals surface area contributed by atoms with E-state index in [9.17, 15) is 0 Å². The Morgan fingerprint density at radius 3 is 1.70 bits per heavy atom. The summed E-state index contributed by atoms with van der Waals surface area (Å²) in [5.41, 5.74) is 13.2. The van der Waals surface area contributed by atoms with Gasteiger partial charge in [-0.05, 0) is 86.7 Å². The van der Waals surface area contributed by atoms with Crippen molar-refractivity contribution in [3.05, 3.63) is 198 Å². The molecule has 0 saturated carbocycles. The zero-order valence-corrected chi connectivity index (χ0v) is 38.0. The molecule has 61 heavy (non-hydrogen) atoms. The van der Waals surface area contributed by atoms with Crippen LogP contribution >= 0.6 is 23.5 Å². The molecule has 0 saturated heterocycles. The van der Waals surface area contributed by atoms with Gasteiger partial charge in [0.2, 0.25) is 0 Å². The largest absolute Gasteiger partial charge is 0.456 e. The average molecular weight is 842 g/mol. The number of hydrogen-bond acceptors (Lipinski definition) is 4. The van der Waals surface area contributed by atoms with Gasteiger partial charge in [-0.2, -0.15) is 0 Å². The molecule has 0 N–H and O–H groups in total. The van der Waals surface area contributed by atoms with E-state index in [1.165, 1.54) is 69.0 Å². The fourth-order valence-corrected chi connectivity index (χ4v) is 17.1. The fourth-order valence-electron chi connectivity index (χ4n) is 10.0. The molecule has 3 heterocycles. The topological polar surface area (TPSA) is 12.5 Å². The van der Waals surface area contributed by atoms with E-state index in [4.69, 9.17) is 4.74 Å². The molecule has 8 aromatic carbocycles. The molecule has 5 heteroatoms. The van der Waals surface area contributed by atoms with Gasteiger partial charge in [-0.25, -0.2) is 0 Å². The first-order chi connectivity index (χ1) is 29.5. The molecule has 298 valence electrons. The smallest absolute Gasteiger partial charge is 0.139 e. The highest BCUT2D eigenvalue weighted by Crippen LogP contribution is 2.54. The van der Waals surface area contributed by atoms with E-state index >= 15 is 0 Å². The van der Waals surface area contributed by atoms with Crippen molar-refractivity contribution in [2.24, 2.45) is 0 Å². The van der Waals surface area contributed by atoms with Crippen LogP contribution in [0.2, 0.25) is 13.1 Å². The van der Waals surface area contributed by atoms with Gasteiger partial charge >= 0.3 is 0 Å². The van der Waals surface area contributed by atoms with Crippen LogP contribution in [-0.4, -0.2) is 8.07 Å². The summed E-state index contributed by atoms with van der Waals surface area (Å²) in [5.74, 6) is 1.88. The number of nitrogens with zero attached hydrogens (tertiary/aromatic N) is 1. The molecule has 0 aromatic heterocycles. The van der Waals surface area contributed by atoms with Gasteiger partial charge in [0, 0.05) is 58.5 Å². The summed E-state index contributed by atoms with van der Waals surface area (Å²) in [7, 11) is -1.98. The Kier molecular flexibility index (Phi) is 8.88. The minimum absolute atomic E-state index is 0.0816. The first kappa shape index (κ1) is 38.2. The lowest BCUT2D eigenvalue weighted by molar-refractivity contribution is 0.419. The predicted octanol–water partition coefficient (Wildman–Crippen LogP) is 15.0. The van der Waals surface area contributed by atoms with E-state index in [0.717, 1.165) is 34.0 Å². The molecule has 0 unspecified atom stereocenters. The van der Waals surface area contributed by atoms with Crippen LogP contribution in [0.15, 0.2) is 196 Å². The Hall–Kier alpha value is -5.72. The van der Waals surface area contributed by atoms with Gasteiger partial charge in [-0.15, -0.1) is 0 Å². The molecule has 3 aliphatic rings. The number of hydrogen-bond donors (Lipinski definition) is 0. The standard InChI is InChI=1S/C56H47NOS2Si/c1-55(2)42-18-7-9-23-47(42)58-52-40(16-13-20-44(52)55)36-28-32-38(33-29-36)57(46-22-15-27-51-54(46)60-49-25-11-12-26-50(49)61(51,5)6)39-34-30-37(31-35-39)41-17-14-21-45-53(41)59-48-24-10-8-19-43(48)56(45,3)4/h7-35H,1-6H3. The van der Waals surface area contributed by atoms with Gasteiger partial charge in [0.15, 0.2) is 0 Å². The van der Waals surface area contributed by atoms with Gasteiger partial charge in [0.25, 0.3) is 0 Å². The van der Waals surface area contributed by atoms with E-state index in [0.29, 0.717) is 0 Å². The lowest BCUT2D eigenvalue weighted by atomic mass is 9.75. The van der Waals surface area contributed by atoms with Crippen LogP contribution in [0.5, 0.6) is 11.5 Å². The van der Waals surface area contributed by atoms with Crippen molar-refractivity contribution in [2.45, 2.75) is 71.2 Å². The van der Waals surface area contributed by atoms with Crippen LogP contribution in [0.4, 0.5) is 17.1 Å². The average Bonchev–Trinajstić information content (AvgIpc) is 3.27. The van der Waals surface area contributed by atoms with Crippen molar-refractivity contribution in [1.82, 2.24) is 0 Å². The number of anilines is 3. The van der Waals surface area contributed by atoms with Crippen molar-refractivity contribution in [3.63, 3.8) is 0 Å². The Balaban J connectivity index is 1.03. The lowest BCUT2D eigenvalue weighted by Gasteiger charge is -2.36.